The van der Waals surface area contributed by atoms with Gasteiger partial charge in [-0.05, 0) is 27.7 Å². The van der Waals surface area contributed by atoms with Crippen LogP contribution in [0.3, 0.4) is 0 Å². The molecule has 3 aliphatic heterocycles. The molecule has 0 bridgehead atoms. The van der Waals surface area contributed by atoms with Crippen molar-refractivity contribution in [3.63, 3.8) is 0 Å². The molecule has 6 nitrogen and oxygen atoms in total. The molecule has 3 fully saturated rings. The maximum atomic E-state index is 13.6. The van der Waals surface area contributed by atoms with Gasteiger partial charge in [0.15, 0.2) is 24.0 Å². The maximum absolute atomic E-state index is 13.6. The molecular formula is C13H19F3O6. The van der Waals surface area contributed by atoms with Crippen LogP contribution in [0.1, 0.15) is 27.7 Å². The molecule has 0 saturated carbocycles. The molecule has 1 unspecified atom stereocenters. The van der Waals surface area contributed by atoms with Crippen molar-refractivity contribution in [2.45, 2.75) is 75.6 Å². The Labute approximate surface area is 125 Å². The van der Waals surface area contributed by atoms with Crippen molar-refractivity contribution in [3.8, 4) is 0 Å². The lowest BCUT2D eigenvalue weighted by atomic mass is 9.88. The molecule has 22 heavy (non-hydrogen) atoms. The predicted molar refractivity (Wildman–Crippen MR) is 64.6 cm³/mol. The van der Waals surface area contributed by atoms with Crippen molar-refractivity contribution in [2.24, 2.45) is 0 Å². The zero-order valence-corrected chi connectivity index (χ0v) is 12.6. The van der Waals surface area contributed by atoms with Crippen LogP contribution in [0.4, 0.5) is 13.2 Å². The summed E-state index contributed by atoms with van der Waals surface area (Å²) in [5.41, 5.74) is -3.24. The van der Waals surface area contributed by atoms with Gasteiger partial charge in [-0.3, -0.25) is 0 Å². The van der Waals surface area contributed by atoms with Gasteiger partial charge in [-0.1, -0.05) is 0 Å². The van der Waals surface area contributed by atoms with E-state index in [9.17, 15) is 18.3 Å². The highest BCUT2D eigenvalue weighted by atomic mass is 19.4. The van der Waals surface area contributed by atoms with Gasteiger partial charge in [-0.25, -0.2) is 0 Å². The van der Waals surface area contributed by atoms with Gasteiger partial charge in [0.05, 0.1) is 6.61 Å². The average molecular weight is 328 g/mol. The van der Waals surface area contributed by atoms with E-state index in [4.69, 9.17) is 23.7 Å². The SMILES string of the molecule is CC1(C)OCC([C@H]2O[C@@H]3OC(C)(C)O[C@@H]3[C@@]2(O)C(F)(F)F)O1. The highest BCUT2D eigenvalue weighted by Gasteiger charge is 2.76. The van der Waals surface area contributed by atoms with Gasteiger partial charge in [0.1, 0.15) is 12.2 Å². The molecule has 0 aromatic carbocycles. The summed E-state index contributed by atoms with van der Waals surface area (Å²) in [6.45, 7) is 5.94. The largest absolute Gasteiger partial charge is 0.422 e. The van der Waals surface area contributed by atoms with E-state index in [2.05, 4.69) is 0 Å². The van der Waals surface area contributed by atoms with Crippen LogP contribution in [0, 0.1) is 0 Å². The fourth-order valence-electron chi connectivity index (χ4n) is 3.10. The predicted octanol–water partition coefficient (Wildman–Crippen LogP) is 1.31. The maximum Gasteiger partial charge on any atom is 0.422 e. The third kappa shape index (κ3) is 2.35. The molecule has 1 N–H and O–H groups in total. The molecule has 3 aliphatic rings. The number of alkyl halides is 3. The van der Waals surface area contributed by atoms with Gasteiger partial charge in [0, 0.05) is 0 Å². The first-order valence-electron chi connectivity index (χ1n) is 6.98. The second-order valence-corrected chi connectivity index (χ2v) is 6.67. The van der Waals surface area contributed by atoms with E-state index >= 15 is 0 Å². The summed E-state index contributed by atoms with van der Waals surface area (Å²) < 4.78 is 67.3. The lowest BCUT2D eigenvalue weighted by Gasteiger charge is -2.36. The third-order valence-electron chi connectivity index (χ3n) is 4.03. The molecular weight excluding hydrogens is 309 g/mol. The first kappa shape index (κ1) is 16.4. The van der Waals surface area contributed by atoms with Crippen LogP contribution in [0.5, 0.6) is 0 Å². The number of rotatable bonds is 1. The topological polar surface area (TPSA) is 66.4 Å². The van der Waals surface area contributed by atoms with Crippen LogP contribution in [0.2, 0.25) is 0 Å². The van der Waals surface area contributed by atoms with Crippen molar-refractivity contribution < 1.29 is 42.0 Å². The van der Waals surface area contributed by atoms with Crippen molar-refractivity contribution in [1.29, 1.82) is 0 Å². The molecule has 3 saturated heterocycles. The summed E-state index contributed by atoms with van der Waals surface area (Å²) in [4.78, 5) is 0. The monoisotopic (exact) mass is 328 g/mol. The summed E-state index contributed by atoms with van der Waals surface area (Å²) in [5.74, 6) is -2.31. The minimum atomic E-state index is -4.98. The quantitative estimate of drug-likeness (QED) is 0.783. The molecule has 0 amide bonds. The molecule has 3 rings (SSSR count). The van der Waals surface area contributed by atoms with Crippen molar-refractivity contribution in [3.05, 3.63) is 0 Å². The fourth-order valence-corrected chi connectivity index (χ4v) is 3.10. The van der Waals surface area contributed by atoms with E-state index in [0.717, 1.165) is 0 Å². The number of ether oxygens (including phenoxy) is 5. The normalized spacial score (nSPS) is 46.9. The van der Waals surface area contributed by atoms with Gasteiger partial charge in [0.2, 0.25) is 5.60 Å². The standard InChI is InChI=1S/C13H19F3O6/c1-10(2)18-5-6(20-10)7-12(17,13(14,15)16)8-9(19-7)22-11(3,4)21-8/h6-9,17H,5H2,1-4H3/t6?,7-,8+,9-,12-/m1/s1. The zero-order chi connectivity index (χ0) is 16.6. The Hall–Kier alpha value is -0.450. The zero-order valence-electron chi connectivity index (χ0n) is 12.6. The highest BCUT2D eigenvalue weighted by molar-refractivity contribution is 5.12. The Balaban J connectivity index is 1.92. The molecule has 0 aromatic heterocycles. The van der Waals surface area contributed by atoms with E-state index in [1.54, 1.807) is 13.8 Å². The number of hydrogen-bond acceptors (Lipinski definition) is 6. The van der Waals surface area contributed by atoms with E-state index in [1.807, 2.05) is 0 Å². The molecule has 0 aliphatic carbocycles. The van der Waals surface area contributed by atoms with Crippen LogP contribution >= 0.6 is 0 Å². The van der Waals surface area contributed by atoms with Gasteiger partial charge >= 0.3 is 6.18 Å². The summed E-state index contributed by atoms with van der Waals surface area (Å²) in [5, 5.41) is 10.4. The molecule has 5 atom stereocenters. The van der Waals surface area contributed by atoms with E-state index in [1.165, 1.54) is 13.8 Å². The minimum absolute atomic E-state index is 0.126. The first-order valence-corrected chi connectivity index (χ1v) is 6.98. The Morgan fingerprint density at radius 3 is 2.09 bits per heavy atom. The second-order valence-electron chi connectivity index (χ2n) is 6.67. The Kier molecular flexibility index (Phi) is 3.39. The summed E-state index contributed by atoms with van der Waals surface area (Å²) in [7, 11) is 0. The molecule has 128 valence electrons. The van der Waals surface area contributed by atoms with Gasteiger partial charge in [-0.15, -0.1) is 0 Å². The molecule has 0 radical (unpaired) electrons. The van der Waals surface area contributed by atoms with Crippen LogP contribution in [-0.4, -0.2) is 59.7 Å². The van der Waals surface area contributed by atoms with Crippen LogP contribution in [0.15, 0.2) is 0 Å². The second kappa shape index (κ2) is 4.55. The van der Waals surface area contributed by atoms with Crippen molar-refractivity contribution in [1.82, 2.24) is 0 Å². The smallest absolute Gasteiger partial charge is 0.376 e. The minimum Gasteiger partial charge on any atom is -0.376 e. The van der Waals surface area contributed by atoms with Crippen molar-refractivity contribution in [2.75, 3.05) is 6.61 Å². The third-order valence-corrected chi connectivity index (χ3v) is 4.03. The number of fused-ring (bicyclic) bond motifs is 1. The highest BCUT2D eigenvalue weighted by Crippen LogP contribution is 2.52. The summed E-state index contributed by atoms with van der Waals surface area (Å²) in [6.07, 6.45) is -10.8. The average Bonchev–Trinajstić information content (AvgIpc) is 2.90. The first-order chi connectivity index (χ1) is 9.86. The Bertz CT molecular complexity index is 465. The van der Waals surface area contributed by atoms with Crippen LogP contribution in [-0.2, 0) is 23.7 Å². The van der Waals surface area contributed by atoms with Crippen LogP contribution in [0.25, 0.3) is 0 Å². The summed E-state index contributed by atoms with van der Waals surface area (Å²) >= 11 is 0. The number of halogens is 3. The van der Waals surface area contributed by atoms with Crippen LogP contribution < -0.4 is 0 Å². The van der Waals surface area contributed by atoms with Gasteiger partial charge in [-0.2, -0.15) is 13.2 Å². The molecule has 9 heteroatoms. The lowest BCUT2D eigenvalue weighted by molar-refractivity contribution is -0.325. The van der Waals surface area contributed by atoms with Gasteiger partial charge < -0.3 is 28.8 Å². The molecule has 0 spiro atoms. The summed E-state index contributed by atoms with van der Waals surface area (Å²) in [6, 6.07) is 0. The van der Waals surface area contributed by atoms with E-state index in [-0.39, 0.29) is 6.61 Å². The number of hydrogen-bond donors (Lipinski definition) is 1. The van der Waals surface area contributed by atoms with Crippen molar-refractivity contribution >= 4 is 0 Å². The fraction of sp³-hybridized carbons (Fsp3) is 1.00. The Morgan fingerprint density at radius 1 is 0.955 bits per heavy atom. The molecule has 3 heterocycles. The van der Waals surface area contributed by atoms with E-state index in [0.29, 0.717) is 0 Å². The Morgan fingerprint density at radius 2 is 1.59 bits per heavy atom. The number of aliphatic hydroxyl groups is 1. The van der Waals surface area contributed by atoms with Gasteiger partial charge in [0.25, 0.3) is 0 Å². The lowest BCUT2D eigenvalue weighted by Crippen LogP contribution is -2.63. The van der Waals surface area contributed by atoms with E-state index < -0.39 is 48.0 Å². The molecule has 0 aromatic rings.